The summed E-state index contributed by atoms with van der Waals surface area (Å²) in [5.41, 5.74) is 2.25. The van der Waals surface area contributed by atoms with Gasteiger partial charge in [-0.25, -0.2) is 4.68 Å². The standard InChI is InChI=1S/C19H19N5O4/c1-12(25)24-18(11-23-16-7-5-4-6-15(16)20-22-23)28-19(21-24)14-9-8-13(26-2)10-17(14)27-3/h4-10,18H,11H2,1-3H3/t18-/m1/s1. The first-order valence-corrected chi connectivity index (χ1v) is 8.66. The molecule has 0 unspecified atom stereocenters. The summed E-state index contributed by atoms with van der Waals surface area (Å²) in [5.74, 6) is 1.24. The van der Waals surface area contributed by atoms with E-state index in [1.165, 1.54) is 11.9 Å². The van der Waals surface area contributed by atoms with Gasteiger partial charge < -0.3 is 14.2 Å². The average molecular weight is 381 g/mol. The zero-order chi connectivity index (χ0) is 19.7. The van der Waals surface area contributed by atoms with Crippen LogP contribution < -0.4 is 9.47 Å². The lowest BCUT2D eigenvalue weighted by Gasteiger charge is -2.19. The van der Waals surface area contributed by atoms with Crippen molar-refractivity contribution in [1.82, 2.24) is 20.0 Å². The molecule has 144 valence electrons. The van der Waals surface area contributed by atoms with Gasteiger partial charge in [-0.1, -0.05) is 17.3 Å². The second-order valence-electron chi connectivity index (χ2n) is 6.17. The number of fused-ring (bicyclic) bond motifs is 1. The number of carbonyl (C=O) groups is 1. The molecule has 0 radical (unpaired) electrons. The van der Waals surface area contributed by atoms with E-state index in [9.17, 15) is 4.79 Å². The fourth-order valence-electron chi connectivity index (χ4n) is 3.05. The Labute approximate surface area is 161 Å². The first-order chi connectivity index (χ1) is 13.6. The summed E-state index contributed by atoms with van der Waals surface area (Å²) in [4.78, 5) is 12.1. The van der Waals surface area contributed by atoms with Gasteiger partial charge in [0.1, 0.15) is 23.6 Å². The quantitative estimate of drug-likeness (QED) is 0.671. The molecule has 4 rings (SSSR count). The van der Waals surface area contributed by atoms with Crippen LogP contribution in [-0.2, 0) is 16.1 Å². The minimum atomic E-state index is -0.649. The number of nitrogens with zero attached hydrogens (tertiary/aromatic N) is 5. The van der Waals surface area contributed by atoms with Crippen LogP contribution in [0.1, 0.15) is 12.5 Å². The highest BCUT2D eigenvalue weighted by Gasteiger charge is 2.34. The number of amides is 1. The number of ether oxygens (including phenoxy) is 3. The van der Waals surface area contributed by atoms with Crippen LogP contribution in [-0.4, -0.2) is 52.3 Å². The largest absolute Gasteiger partial charge is 0.497 e. The maximum atomic E-state index is 12.1. The van der Waals surface area contributed by atoms with E-state index in [0.29, 0.717) is 23.0 Å². The third kappa shape index (κ3) is 3.11. The molecule has 0 saturated carbocycles. The number of benzene rings is 2. The third-order valence-corrected chi connectivity index (χ3v) is 4.43. The molecule has 0 saturated heterocycles. The van der Waals surface area contributed by atoms with E-state index in [1.54, 1.807) is 37.1 Å². The first-order valence-electron chi connectivity index (χ1n) is 8.66. The van der Waals surface area contributed by atoms with Crippen molar-refractivity contribution in [3.05, 3.63) is 48.0 Å². The molecule has 0 fully saturated rings. The summed E-state index contributed by atoms with van der Waals surface area (Å²) in [6, 6.07) is 12.9. The molecule has 0 spiro atoms. The van der Waals surface area contributed by atoms with Crippen molar-refractivity contribution in [2.45, 2.75) is 19.7 Å². The molecule has 2 heterocycles. The Morgan fingerprint density at radius 1 is 1.18 bits per heavy atom. The summed E-state index contributed by atoms with van der Waals surface area (Å²) < 4.78 is 18.3. The topological polar surface area (TPSA) is 91.1 Å². The van der Waals surface area contributed by atoms with E-state index < -0.39 is 6.23 Å². The zero-order valence-corrected chi connectivity index (χ0v) is 15.7. The molecule has 1 atom stereocenters. The number of hydrogen-bond donors (Lipinski definition) is 0. The Balaban J connectivity index is 1.64. The van der Waals surface area contributed by atoms with Crippen molar-refractivity contribution < 1.29 is 19.0 Å². The van der Waals surface area contributed by atoms with E-state index in [1.807, 2.05) is 24.3 Å². The van der Waals surface area contributed by atoms with Crippen LogP contribution >= 0.6 is 0 Å². The van der Waals surface area contributed by atoms with Gasteiger partial charge in [0.05, 0.1) is 25.3 Å². The molecule has 0 aliphatic carbocycles. The second-order valence-corrected chi connectivity index (χ2v) is 6.17. The molecular formula is C19H19N5O4. The van der Waals surface area contributed by atoms with Crippen molar-refractivity contribution in [3.8, 4) is 11.5 Å². The monoisotopic (exact) mass is 381 g/mol. The number of hydrazone groups is 1. The third-order valence-electron chi connectivity index (χ3n) is 4.43. The molecule has 28 heavy (non-hydrogen) atoms. The second kappa shape index (κ2) is 7.18. The van der Waals surface area contributed by atoms with Gasteiger partial charge in [0.15, 0.2) is 0 Å². The molecular weight excluding hydrogens is 362 g/mol. The molecule has 9 heteroatoms. The van der Waals surface area contributed by atoms with Gasteiger partial charge in [0, 0.05) is 13.0 Å². The van der Waals surface area contributed by atoms with Gasteiger partial charge in [-0.05, 0) is 24.3 Å². The van der Waals surface area contributed by atoms with E-state index in [-0.39, 0.29) is 12.5 Å². The highest BCUT2D eigenvalue weighted by atomic mass is 16.5. The molecule has 9 nitrogen and oxygen atoms in total. The Bertz CT molecular complexity index is 1060. The van der Waals surface area contributed by atoms with Crippen LogP contribution in [0, 0.1) is 0 Å². The number of aromatic nitrogens is 3. The maximum Gasteiger partial charge on any atom is 0.244 e. The van der Waals surface area contributed by atoms with E-state index in [2.05, 4.69) is 15.4 Å². The molecule has 1 aromatic heterocycles. The minimum Gasteiger partial charge on any atom is -0.497 e. The highest BCUT2D eigenvalue weighted by Crippen LogP contribution is 2.29. The van der Waals surface area contributed by atoms with Crippen LogP contribution in [0.25, 0.3) is 11.0 Å². The Morgan fingerprint density at radius 2 is 2.00 bits per heavy atom. The van der Waals surface area contributed by atoms with Crippen molar-refractivity contribution in [2.24, 2.45) is 5.10 Å². The lowest BCUT2D eigenvalue weighted by Crippen LogP contribution is -2.35. The predicted molar refractivity (Wildman–Crippen MR) is 101 cm³/mol. The lowest BCUT2D eigenvalue weighted by molar-refractivity contribution is -0.135. The Hall–Kier alpha value is -3.62. The molecule has 1 aliphatic heterocycles. The van der Waals surface area contributed by atoms with Crippen molar-refractivity contribution in [3.63, 3.8) is 0 Å². The summed E-state index contributed by atoms with van der Waals surface area (Å²) in [7, 11) is 3.13. The van der Waals surface area contributed by atoms with Crippen molar-refractivity contribution >= 4 is 22.8 Å². The Kier molecular flexibility index (Phi) is 4.56. The van der Waals surface area contributed by atoms with Gasteiger partial charge in [-0.2, -0.15) is 5.01 Å². The fraction of sp³-hybridized carbons (Fsp3) is 0.263. The molecule has 0 N–H and O–H groups in total. The minimum absolute atomic E-state index is 0.239. The van der Waals surface area contributed by atoms with Gasteiger partial charge in [-0.3, -0.25) is 4.79 Å². The predicted octanol–water partition coefficient (Wildman–Crippen LogP) is 2.02. The SMILES string of the molecule is COc1ccc(C2=NN(C(C)=O)[C@@H](Cn3nnc4ccccc43)O2)c(OC)c1. The maximum absolute atomic E-state index is 12.1. The lowest BCUT2D eigenvalue weighted by atomic mass is 10.2. The summed E-state index contributed by atoms with van der Waals surface area (Å²) in [5, 5.41) is 14.0. The number of para-hydroxylation sites is 1. The fourth-order valence-corrected chi connectivity index (χ4v) is 3.05. The average Bonchev–Trinajstić information content (AvgIpc) is 3.32. The number of hydrogen-bond acceptors (Lipinski definition) is 7. The van der Waals surface area contributed by atoms with Gasteiger partial charge >= 0.3 is 0 Å². The summed E-state index contributed by atoms with van der Waals surface area (Å²) in [6.07, 6.45) is -0.649. The van der Waals surface area contributed by atoms with Gasteiger partial charge in [-0.15, -0.1) is 10.2 Å². The van der Waals surface area contributed by atoms with Crippen LogP contribution in [0.4, 0.5) is 0 Å². The van der Waals surface area contributed by atoms with Crippen molar-refractivity contribution in [2.75, 3.05) is 14.2 Å². The summed E-state index contributed by atoms with van der Waals surface area (Å²) >= 11 is 0. The smallest absolute Gasteiger partial charge is 0.244 e. The molecule has 2 aromatic carbocycles. The molecule has 0 bridgehead atoms. The van der Waals surface area contributed by atoms with Crippen molar-refractivity contribution in [1.29, 1.82) is 0 Å². The normalized spacial score (nSPS) is 16.0. The Morgan fingerprint density at radius 3 is 2.75 bits per heavy atom. The molecule has 3 aromatic rings. The van der Waals surface area contributed by atoms with Gasteiger partial charge in [0.25, 0.3) is 0 Å². The van der Waals surface area contributed by atoms with E-state index in [0.717, 1.165) is 11.0 Å². The van der Waals surface area contributed by atoms with Crippen LogP contribution in [0.15, 0.2) is 47.6 Å². The highest BCUT2D eigenvalue weighted by molar-refractivity contribution is 5.98. The first kappa shape index (κ1) is 17.8. The molecule has 1 aliphatic rings. The van der Waals surface area contributed by atoms with E-state index >= 15 is 0 Å². The van der Waals surface area contributed by atoms with Crippen LogP contribution in [0.5, 0.6) is 11.5 Å². The molecule has 1 amide bonds. The van der Waals surface area contributed by atoms with Crippen LogP contribution in [0.3, 0.4) is 0 Å². The zero-order valence-electron chi connectivity index (χ0n) is 15.7. The number of rotatable bonds is 5. The van der Waals surface area contributed by atoms with E-state index in [4.69, 9.17) is 14.2 Å². The number of methoxy groups -OCH3 is 2. The van der Waals surface area contributed by atoms with Crippen LogP contribution in [0.2, 0.25) is 0 Å². The summed E-state index contributed by atoms with van der Waals surface area (Å²) in [6.45, 7) is 1.72. The number of carbonyl (C=O) groups excluding carboxylic acids is 1. The van der Waals surface area contributed by atoms with Gasteiger partial charge in [0.2, 0.25) is 18.0 Å².